The molecule has 0 atom stereocenters. The predicted octanol–water partition coefficient (Wildman–Crippen LogP) is 2.40. The molecule has 2 aromatic rings. The van der Waals surface area contributed by atoms with Crippen LogP contribution in [-0.2, 0) is 11.3 Å². The molecule has 0 N–H and O–H groups in total. The van der Waals surface area contributed by atoms with Crippen LogP contribution in [-0.4, -0.2) is 53.6 Å². The molecular formula is C19H25N3O3. The number of rotatable bonds is 5. The van der Waals surface area contributed by atoms with Crippen LogP contribution < -0.4 is 4.74 Å². The first-order chi connectivity index (χ1) is 12.1. The summed E-state index contributed by atoms with van der Waals surface area (Å²) < 4.78 is 10.7. The minimum atomic E-state index is 0.0414. The lowest BCUT2D eigenvalue weighted by Gasteiger charge is -2.21. The van der Waals surface area contributed by atoms with E-state index in [4.69, 9.17) is 9.26 Å². The first-order valence-corrected chi connectivity index (χ1v) is 8.72. The van der Waals surface area contributed by atoms with Crippen LogP contribution in [0, 0.1) is 13.8 Å². The number of hydrogen-bond acceptors (Lipinski definition) is 5. The summed E-state index contributed by atoms with van der Waals surface area (Å²) in [6, 6.07) is 9.72. The van der Waals surface area contributed by atoms with E-state index in [2.05, 4.69) is 10.1 Å². The van der Waals surface area contributed by atoms with Crippen molar-refractivity contribution in [2.45, 2.75) is 26.8 Å². The molecule has 0 spiro atoms. The standard InChI is InChI=1S/C19H25N3O3/c1-15-4-6-18(7-5-15)24-14-19(23)22-9-3-8-21(10-11-22)13-17-12-16(2)25-20-17/h4-7,12H,3,8-11,13-14H2,1-2H3. The van der Waals surface area contributed by atoms with E-state index in [0.717, 1.165) is 49.8 Å². The summed E-state index contributed by atoms with van der Waals surface area (Å²) in [5.74, 6) is 1.60. The lowest BCUT2D eigenvalue weighted by atomic mass is 10.2. The third kappa shape index (κ3) is 5.06. The molecule has 0 radical (unpaired) electrons. The molecule has 1 aliphatic heterocycles. The molecule has 0 aliphatic carbocycles. The van der Waals surface area contributed by atoms with Gasteiger partial charge < -0.3 is 14.2 Å². The van der Waals surface area contributed by atoms with Crippen molar-refractivity contribution in [3.8, 4) is 5.75 Å². The Morgan fingerprint density at radius 1 is 1.16 bits per heavy atom. The van der Waals surface area contributed by atoms with Gasteiger partial charge in [0, 0.05) is 38.8 Å². The first-order valence-electron chi connectivity index (χ1n) is 8.72. The van der Waals surface area contributed by atoms with Gasteiger partial charge in [-0.25, -0.2) is 0 Å². The quantitative estimate of drug-likeness (QED) is 0.834. The summed E-state index contributed by atoms with van der Waals surface area (Å²) in [5.41, 5.74) is 2.12. The Bertz CT molecular complexity index is 696. The molecular weight excluding hydrogens is 318 g/mol. The highest BCUT2D eigenvalue weighted by Crippen LogP contribution is 2.13. The summed E-state index contributed by atoms with van der Waals surface area (Å²) >= 11 is 0. The second-order valence-electron chi connectivity index (χ2n) is 6.54. The summed E-state index contributed by atoms with van der Waals surface area (Å²) in [5, 5.41) is 4.05. The molecule has 25 heavy (non-hydrogen) atoms. The average Bonchev–Trinajstić information content (AvgIpc) is 2.87. The summed E-state index contributed by atoms with van der Waals surface area (Å²) in [4.78, 5) is 16.6. The van der Waals surface area contributed by atoms with E-state index >= 15 is 0 Å². The number of amides is 1. The zero-order valence-corrected chi connectivity index (χ0v) is 14.9. The van der Waals surface area contributed by atoms with E-state index in [-0.39, 0.29) is 12.5 Å². The maximum atomic E-state index is 12.4. The highest BCUT2D eigenvalue weighted by molar-refractivity contribution is 5.77. The first kappa shape index (κ1) is 17.5. The lowest BCUT2D eigenvalue weighted by Crippen LogP contribution is -2.38. The fraction of sp³-hybridized carbons (Fsp3) is 0.474. The van der Waals surface area contributed by atoms with Gasteiger partial charge in [-0.2, -0.15) is 0 Å². The van der Waals surface area contributed by atoms with Crippen molar-refractivity contribution in [1.82, 2.24) is 15.0 Å². The predicted molar refractivity (Wildman–Crippen MR) is 94.4 cm³/mol. The van der Waals surface area contributed by atoms with Gasteiger partial charge in [0.25, 0.3) is 5.91 Å². The Kier molecular flexibility index (Phi) is 5.71. The van der Waals surface area contributed by atoms with Gasteiger partial charge in [-0.3, -0.25) is 9.69 Å². The molecule has 1 aromatic heterocycles. The largest absolute Gasteiger partial charge is 0.484 e. The molecule has 0 saturated carbocycles. The summed E-state index contributed by atoms with van der Waals surface area (Å²) in [7, 11) is 0. The molecule has 0 unspecified atom stereocenters. The monoisotopic (exact) mass is 343 g/mol. The van der Waals surface area contributed by atoms with Crippen molar-refractivity contribution in [2.24, 2.45) is 0 Å². The Hall–Kier alpha value is -2.34. The molecule has 134 valence electrons. The van der Waals surface area contributed by atoms with Crippen LogP contribution in [0.5, 0.6) is 5.75 Å². The van der Waals surface area contributed by atoms with Crippen LogP contribution in [0.2, 0.25) is 0 Å². The fourth-order valence-corrected chi connectivity index (χ4v) is 2.97. The smallest absolute Gasteiger partial charge is 0.260 e. The van der Waals surface area contributed by atoms with Crippen molar-refractivity contribution in [3.05, 3.63) is 47.3 Å². The Labute approximate surface area is 148 Å². The second-order valence-corrected chi connectivity index (χ2v) is 6.54. The van der Waals surface area contributed by atoms with E-state index in [0.29, 0.717) is 6.54 Å². The van der Waals surface area contributed by atoms with E-state index in [1.54, 1.807) is 0 Å². The van der Waals surface area contributed by atoms with Crippen LogP contribution in [0.1, 0.15) is 23.4 Å². The van der Waals surface area contributed by atoms with Gasteiger partial charge in [0.15, 0.2) is 6.61 Å². The molecule has 2 heterocycles. The Morgan fingerprint density at radius 2 is 1.96 bits per heavy atom. The molecule has 1 aromatic carbocycles. The van der Waals surface area contributed by atoms with Crippen molar-refractivity contribution in [3.63, 3.8) is 0 Å². The van der Waals surface area contributed by atoms with Crippen molar-refractivity contribution in [1.29, 1.82) is 0 Å². The van der Waals surface area contributed by atoms with Crippen LogP contribution in [0.4, 0.5) is 0 Å². The van der Waals surface area contributed by atoms with Crippen LogP contribution in [0.3, 0.4) is 0 Å². The van der Waals surface area contributed by atoms with Gasteiger partial charge in [0.1, 0.15) is 11.5 Å². The van der Waals surface area contributed by atoms with Gasteiger partial charge in [-0.05, 0) is 32.4 Å². The third-order valence-electron chi connectivity index (χ3n) is 4.39. The summed E-state index contributed by atoms with van der Waals surface area (Å²) in [6.07, 6.45) is 0.951. The Balaban J connectivity index is 1.46. The van der Waals surface area contributed by atoms with Gasteiger partial charge in [-0.15, -0.1) is 0 Å². The number of hydrogen-bond donors (Lipinski definition) is 0. The molecule has 1 aliphatic rings. The number of aromatic nitrogens is 1. The minimum absolute atomic E-state index is 0.0414. The van der Waals surface area contributed by atoms with Crippen LogP contribution in [0.15, 0.2) is 34.9 Å². The van der Waals surface area contributed by atoms with Crippen molar-refractivity contribution < 1.29 is 14.1 Å². The van der Waals surface area contributed by atoms with E-state index in [9.17, 15) is 4.79 Å². The summed E-state index contributed by atoms with van der Waals surface area (Å²) in [6.45, 7) is 8.05. The van der Waals surface area contributed by atoms with Crippen LogP contribution >= 0.6 is 0 Å². The lowest BCUT2D eigenvalue weighted by molar-refractivity contribution is -0.133. The molecule has 1 saturated heterocycles. The number of carbonyl (C=O) groups excluding carboxylic acids is 1. The number of aryl methyl sites for hydroxylation is 2. The minimum Gasteiger partial charge on any atom is -0.484 e. The SMILES string of the molecule is Cc1ccc(OCC(=O)N2CCCN(Cc3cc(C)on3)CC2)cc1. The normalized spacial score (nSPS) is 15.8. The fourth-order valence-electron chi connectivity index (χ4n) is 2.97. The molecule has 0 bridgehead atoms. The molecule has 1 fully saturated rings. The van der Waals surface area contributed by atoms with E-state index in [1.807, 2.05) is 49.1 Å². The van der Waals surface area contributed by atoms with Gasteiger partial charge >= 0.3 is 0 Å². The Morgan fingerprint density at radius 3 is 2.68 bits per heavy atom. The van der Waals surface area contributed by atoms with E-state index in [1.165, 1.54) is 5.56 Å². The average molecular weight is 343 g/mol. The highest BCUT2D eigenvalue weighted by atomic mass is 16.5. The van der Waals surface area contributed by atoms with Gasteiger partial charge in [0.05, 0.1) is 5.69 Å². The van der Waals surface area contributed by atoms with Gasteiger partial charge in [-0.1, -0.05) is 22.9 Å². The molecule has 6 nitrogen and oxygen atoms in total. The third-order valence-corrected chi connectivity index (χ3v) is 4.39. The highest BCUT2D eigenvalue weighted by Gasteiger charge is 2.20. The number of nitrogens with zero attached hydrogens (tertiary/aromatic N) is 3. The van der Waals surface area contributed by atoms with Crippen LogP contribution in [0.25, 0.3) is 0 Å². The zero-order valence-electron chi connectivity index (χ0n) is 14.9. The van der Waals surface area contributed by atoms with Crippen molar-refractivity contribution in [2.75, 3.05) is 32.8 Å². The number of carbonyl (C=O) groups is 1. The number of benzene rings is 1. The maximum Gasteiger partial charge on any atom is 0.260 e. The molecule has 1 amide bonds. The topological polar surface area (TPSA) is 58.8 Å². The molecule has 6 heteroatoms. The van der Waals surface area contributed by atoms with E-state index < -0.39 is 0 Å². The van der Waals surface area contributed by atoms with Crippen molar-refractivity contribution >= 4 is 5.91 Å². The molecule has 3 rings (SSSR count). The van der Waals surface area contributed by atoms with Gasteiger partial charge in [0.2, 0.25) is 0 Å². The second kappa shape index (κ2) is 8.16. The maximum absolute atomic E-state index is 12.4. The number of ether oxygens (including phenoxy) is 1. The zero-order chi connectivity index (χ0) is 17.6.